The molecule has 9 heteroatoms. The number of methoxy groups -OCH3 is 1. The molecule has 1 N–H and O–H groups in total. The second-order valence-electron chi connectivity index (χ2n) is 8.95. The second kappa shape index (κ2) is 10.6. The highest BCUT2D eigenvalue weighted by molar-refractivity contribution is 5.68. The standard InChI is InChI=1S/C28H27N5O4/c1-37-25-12-6-22(7-13-25)27-18-26(29-28(34)30-27)21-4-2-20(3-5-21)19-31-14-16-32(17-15-31)23-8-10-24(11-9-23)33(35)36/h2-13,18H,14-17,19H2,1H3,(H,29,30,34). The number of aromatic amines is 1. The van der Waals surface area contributed by atoms with Gasteiger partial charge in [0.05, 0.1) is 23.4 Å². The Balaban J connectivity index is 1.22. The molecule has 0 unspecified atom stereocenters. The number of nitro benzene ring substituents is 1. The summed E-state index contributed by atoms with van der Waals surface area (Å²) in [4.78, 5) is 34.4. The van der Waals surface area contributed by atoms with Crippen molar-refractivity contribution in [1.82, 2.24) is 14.9 Å². The Hall–Kier alpha value is -4.50. The van der Waals surface area contributed by atoms with E-state index in [0.717, 1.165) is 55.3 Å². The monoisotopic (exact) mass is 497 g/mol. The molecule has 9 nitrogen and oxygen atoms in total. The lowest BCUT2D eigenvalue weighted by molar-refractivity contribution is -0.384. The highest BCUT2D eigenvalue weighted by Gasteiger charge is 2.18. The van der Waals surface area contributed by atoms with E-state index in [1.807, 2.05) is 54.6 Å². The smallest absolute Gasteiger partial charge is 0.345 e. The van der Waals surface area contributed by atoms with Gasteiger partial charge in [0, 0.05) is 56.1 Å². The Morgan fingerprint density at radius 1 is 0.919 bits per heavy atom. The molecule has 1 aromatic heterocycles. The lowest BCUT2D eigenvalue weighted by atomic mass is 10.1. The number of rotatable bonds is 7. The van der Waals surface area contributed by atoms with Gasteiger partial charge >= 0.3 is 5.69 Å². The largest absolute Gasteiger partial charge is 0.497 e. The highest BCUT2D eigenvalue weighted by Crippen LogP contribution is 2.25. The molecular formula is C28H27N5O4. The van der Waals surface area contributed by atoms with Crippen LogP contribution in [-0.4, -0.2) is 53.1 Å². The number of hydrogen-bond donors (Lipinski definition) is 1. The molecule has 1 saturated heterocycles. The number of benzene rings is 3. The minimum absolute atomic E-state index is 0.109. The summed E-state index contributed by atoms with van der Waals surface area (Å²) >= 11 is 0. The number of nitrogens with zero attached hydrogens (tertiary/aromatic N) is 4. The molecule has 1 aliphatic rings. The van der Waals surface area contributed by atoms with E-state index in [1.165, 1.54) is 5.56 Å². The molecule has 5 rings (SSSR count). The van der Waals surface area contributed by atoms with E-state index in [4.69, 9.17) is 4.74 Å². The third-order valence-electron chi connectivity index (χ3n) is 6.60. The average molecular weight is 498 g/mol. The van der Waals surface area contributed by atoms with Crippen molar-refractivity contribution in [3.8, 4) is 28.3 Å². The van der Waals surface area contributed by atoms with E-state index in [2.05, 4.69) is 31.9 Å². The topological polar surface area (TPSA) is 105 Å². The third-order valence-corrected chi connectivity index (χ3v) is 6.60. The van der Waals surface area contributed by atoms with Crippen LogP contribution in [0.15, 0.2) is 83.7 Å². The summed E-state index contributed by atoms with van der Waals surface area (Å²) in [6, 6.07) is 24.3. The first-order chi connectivity index (χ1) is 18.0. The number of piperazine rings is 1. The van der Waals surface area contributed by atoms with Crippen LogP contribution in [0.4, 0.5) is 11.4 Å². The fourth-order valence-corrected chi connectivity index (χ4v) is 4.52. The first-order valence-corrected chi connectivity index (χ1v) is 12.1. The van der Waals surface area contributed by atoms with Crippen molar-refractivity contribution < 1.29 is 9.66 Å². The first kappa shape index (κ1) is 24.2. The van der Waals surface area contributed by atoms with E-state index < -0.39 is 5.69 Å². The number of ether oxygens (including phenoxy) is 1. The molecule has 0 spiro atoms. The van der Waals surface area contributed by atoms with Gasteiger partial charge in [0.2, 0.25) is 0 Å². The summed E-state index contributed by atoms with van der Waals surface area (Å²) in [5.41, 5.74) is 5.00. The molecule has 3 aromatic carbocycles. The van der Waals surface area contributed by atoms with Crippen LogP contribution in [-0.2, 0) is 6.54 Å². The highest BCUT2D eigenvalue weighted by atomic mass is 16.6. The molecule has 4 aromatic rings. The van der Waals surface area contributed by atoms with Crippen LogP contribution < -0.4 is 15.3 Å². The van der Waals surface area contributed by atoms with E-state index in [9.17, 15) is 14.9 Å². The summed E-state index contributed by atoms with van der Waals surface area (Å²) in [6.07, 6.45) is 0. The average Bonchev–Trinajstić information content (AvgIpc) is 2.93. The Morgan fingerprint density at radius 3 is 2.19 bits per heavy atom. The molecule has 37 heavy (non-hydrogen) atoms. The van der Waals surface area contributed by atoms with Crippen molar-refractivity contribution in [2.24, 2.45) is 0 Å². The molecule has 188 valence electrons. The maximum absolute atomic E-state index is 12.3. The lowest BCUT2D eigenvalue weighted by Gasteiger charge is -2.36. The van der Waals surface area contributed by atoms with Gasteiger partial charge in [-0.05, 0) is 53.6 Å². The van der Waals surface area contributed by atoms with E-state index in [1.54, 1.807) is 19.2 Å². The zero-order chi connectivity index (χ0) is 25.8. The third kappa shape index (κ3) is 5.68. The van der Waals surface area contributed by atoms with Crippen molar-refractivity contribution in [2.75, 3.05) is 38.2 Å². The predicted octanol–water partition coefficient (Wildman–Crippen LogP) is 4.34. The minimum Gasteiger partial charge on any atom is -0.497 e. The number of nitrogens with one attached hydrogen (secondary N) is 1. The fraction of sp³-hybridized carbons (Fsp3) is 0.214. The lowest BCUT2D eigenvalue weighted by Crippen LogP contribution is -2.45. The molecule has 1 fully saturated rings. The number of hydrogen-bond acceptors (Lipinski definition) is 7. The van der Waals surface area contributed by atoms with Crippen molar-refractivity contribution in [3.05, 3.63) is 105 Å². The van der Waals surface area contributed by atoms with Crippen LogP contribution in [0.3, 0.4) is 0 Å². The maximum atomic E-state index is 12.3. The number of anilines is 1. The van der Waals surface area contributed by atoms with Crippen molar-refractivity contribution in [1.29, 1.82) is 0 Å². The number of H-pyrrole nitrogens is 1. The molecule has 0 aliphatic carbocycles. The van der Waals surface area contributed by atoms with Crippen LogP contribution in [0.1, 0.15) is 5.56 Å². The first-order valence-electron chi connectivity index (χ1n) is 12.1. The van der Waals surface area contributed by atoms with Gasteiger partial charge in [-0.25, -0.2) is 4.79 Å². The van der Waals surface area contributed by atoms with Crippen molar-refractivity contribution in [3.63, 3.8) is 0 Å². The summed E-state index contributed by atoms with van der Waals surface area (Å²) < 4.78 is 5.21. The Labute approximate surface area is 214 Å². The van der Waals surface area contributed by atoms with E-state index >= 15 is 0 Å². The van der Waals surface area contributed by atoms with Gasteiger partial charge in [0.25, 0.3) is 5.69 Å². The molecular weight excluding hydrogens is 470 g/mol. The van der Waals surface area contributed by atoms with Crippen molar-refractivity contribution >= 4 is 11.4 Å². The molecule has 0 atom stereocenters. The maximum Gasteiger partial charge on any atom is 0.345 e. The number of aromatic nitrogens is 2. The number of nitro groups is 1. The van der Waals surface area contributed by atoms with Gasteiger partial charge in [-0.15, -0.1) is 0 Å². The SMILES string of the molecule is COc1ccc(-c2cc(-c3ccc(CN4CCN(c5ccc([N+](=O)[O-])cc5)CC4)cc3)nc(=O)[nH]2)cc1. The Morgan fingerprint density at radius 2 is 1.57 bits per heavy atom. The van der Waals surface area contributed by atoms with Crippen LogP contribution in [0.2, 0.25) is 0 Å². The second-order valence-corrected chi connectivity index (χ2v) is 8.95. The van der Waals surface area contributed by atoms with E-state index in [0.29, 0.717) is 11.4 Å². The van der Waals surface area contributed by atoms with Crippen LogP contribution in [0.25, 0.3) is 22.5 Å². The molecule has 0 amide bonds. The summed E-state index contributed by atoms with van der Waals surface area (Å²) in [5.74, 6) is 0.753. The zero-order valence-corrected chi connectivity index (χ0v) is 20.5. The van der Waals surface area contributed by atoms with Gasteiger partial charge in [-0.3, -0.25) is 15.0 Å². The molecule has 0 saturated carbocycles. The molecule has 0 bridgehead atoms. The summed E-state index contributed by atoms with van der Waals surface area (Å²) in [7, 11) is 1.62. The van der Waals surface area contributed by atoms with Gasteiger partial charge in [-0.1, -0.05) is 24.3 Å². The molecule has 1 aliphatic heterocycles. The molecule has 0 radical (unpaired) electrons. The van der Waals surface area contributed by atoms with Crippen molar-refractivity contribution in [2.45, 2.75) is 6.54 Å². The van der Waals surface area contributed by atoms with Gasteiger partial charge in [0.15, 0.2) is 0 Å². The Bertz CT molecular complexity index is 1430. The Kier molecular flexibility index (Phi) is 6.96. The minimum atomic E-state index is -0.390. The van der Waals surface area contributed by atoms with Crippen LogP contribution in [0.5, 0.6) is 5.75 Å². The van der Waals surface area contributed by atoms with Crippen LogP contribution >= 0.6 is 0 Å². The quantitative estimate of drug-likeness (QED) is 0.299. The fourth-order valence-electron chi connectivity index (χ4n) is 4.52. The van der Waals surface area contributed by atoms with Gasteiger partial charge in [0.1, 0.15) is 5.75 Å². The van der Waals surface area contributed by atoms with Gasteiger partial charge in [-0.2, -0.15) is 4.98 Å². The predicted molar refractivity (Wildman–Crippen MR) is 143 cm³/mol. The van der Waals surface area contributed by atoms with Gasteiger partial charge < -0.3 is 14.6 Å². The van der Waals surface area contributed by atoms with Crippen LogP contribution in [0, 0.1) is 10.1 Å². The van der Waals surface area contributed by atoms with E-state index in [-0.39, 0.29) is 10.6 Å². The number of non-ortho nitro benzene ring substituents is 1. The summed E-state index contributed by atoms with van der Waals surface area (Å²) in [5, 5.41) is 10.9. The normalized spacial score (nSPS) is 13.9. The molecule has 2 heterocycles. The summed E-state index contributed by atoms with van der Waals surface area (Å²) in [6.45, 7) is 4.36. The zero-order valence-electron chi connectivity index (χ0n) is 20.5.